The summed E-state index contributed by atoms with van der Waals surface area (Å²) in [6.07, 6.45) is 4.62. The molecule has 1 aromatic carbocycles. The van der Waals surface area contributed by atoms with E-state index in [4.69, 9.17) is 0 Å². The zero-order valence-electron chi connectivity index (χ0n) is 13.8. The van der Waals surface area contributed by atoms with Crippen molar-refractivity contribution < 1.29 is 9.59 Å². The first-order chi connectivity index (χ1) is 11.0. The van der Waals surface area contributed by atoms with E-state index in [9.17, 15) is 9.59 Å². The van der Waals surface area contributed by atoms with Crippen LogP contribution in [0.5, 0.6) is 0 Å². The van der Waals surface area contributed by atoms with Crippen LogP contribution in [-0.4, -0.2) is 29.9 Å². The molecule has 1 aliphatic heterocycles. The van der Waals surface area contributed by atoms with E-state index < -0.39 is 6.04 Å². The van der Waals surface area contributed by atoms with E-state index in [1.54, 1.807) is 0 Å². The van der Waals surface area contributed by atoms with Gasteiger partial charge in [0.1, 0.15) is 0 Å². The first-order valence-electron chi connectivity index (χ1n) is 8.46. The Balaban J connectivity index is 1.59. The van der Waals surface area contributed by atoms with Crippen molar-refractivity contribution in [1.82, 2.24) is 10.6 Å². The SMILES string of the molecule is Cc1ccc(NC(=O)C[C@@H]2N[C@H]3CCCC[C@@H]3NC2=O)c(C)c1. The number of hydrogen-bond acceptors (Lipinski definition) is 3. The van der Waals surface area contributed by atoms with Crippen molar-refractivity contribution in [2.45, 2.75) is 64.1 Å². The van der Waals surface area contributed by atoms with E-state index in [1.165, 1.54) is 12.8 Å². The van der Waals surface area contributed by atoms with E-state index in [0.717, 1.165) is 29.7 Å². The summed E-state index contributed by atoms with van der Waals surface area (Å²) in [6, 6.07) is 6.03. The molecule has 1 saturated heterocycles. The Hall–Kier alpha value is -1.88. The number of carbonyl (C=O) groups excluding carboxylic acids is 2. The number of piperazine rings is 1. The molecule has 1 aromatic rings. The Morgan fingerprint density at radius 2 is 1.96 bits per heavy atom. The summed E-state index contributed by atoms with van der Waals surface area (Å²) in [6.45, 7) is 4.00. The molecular formula is C18H25N3O2. The summed E-state index contributed by atoms with van der Waals surface area (Å²) in [5.74, 6) is -0.178. The van der Waals surface area contributed by atoms with Crippen molar-refractivity contribution in [2.24, 2.45) is 0 Å². The van der Waals surface area contributed by atoms with Gasteiger partial charge in [0.2, 0.25) is 11.8 Å². The third-order valence-corrected chi connectivity index (χ3v) is 4.87. The molecule has 2 fully saturated rings. The van der Waals surface area contributed by atoms with Crippen LogP contribution in [0.25, 0.3) is 0 Å². The van der Waals surface area contributed by atoms with Gasteiger partial charge in [0.25, 0.3) is 0 Å². The van der Waals surface area contributed by atoms with Gasteiger partial charge in [-0.1, -0.05) is 30.5 Å². The lowest BCUT2D eigenvalue weighted by atomic mass is 9.87. The molecule has 0 bridgehead atoms. The maximum atomic E-state index is 12.3. The average molecular weight is 315 g/mol. The highest BCUT2D eigenvalue weighted by Crippen LogP contribution is 2.22. The molecule has 5 nitrogen and oxygen atoms in total. The molecule has 124 valence electrons. The molecule has 1 saturated carbocycles. The first-order valence-corrected chi connectivity index (χ1v) is 8.46. The van der Waals surface area contributed by atoms with Crippen LogP contribution in [0.15, 0.2) is 18.2 Å². The van der Waals surface area contributed by atoms with Gasteiger partial charge in [0.15, 0.2) is 0 Å². The molecule has 1 aliphatic carbocycles. The predicted octanol–water partition coefficient (Wildman–Crippen LogP) is 2.03. The van der Waals surface area contributed by atoms with Gasteiger partial charge in [-0.05, 0) is 38.3 Å². The minimum absolute atomic E-state index is 0.0519. The number of anilines is 1. The highest BCUT2D eigenvalue weighted by Gasteiger charge is 2.36. The van der Waals surface area contributed by atoms with Gasteiger partial charge in [-0.25, -0.2) is 0 Å². The zero-order chi connectivity index (χ0) is 16.4. The Morgan fingerprint density at radius 3 is 2.70 bits per heavy atom. The fraction of sp³-hybridized carbons (Fsp3) is 0.556. The summed E-state index contributed by atoms with van der Waals surface area (Å²) in [5, 5.41) is 9.37. The van der Waals surface area contributed by atoms with Crippen LogP contribution in [0.4, 0.5) is 5.69 Å². The van der Waals surface area contributed by atoms with Crippen LogP contribution in [0.3, 0.4) is 0 Å². The molecular weight excluding hydrogens is 290 g/mol. The van der Waals surface area contributed by atoms with Crippen molar-refractivity contribution in [2.75, 3.05) is 5.32 Å². The van der Waals surface area contributed by atoms with Crippen LogP contribution >= 0.6 is 0 Å². The summed E-state index contributed by atoms with van der Waals surface area (Å²) in [5.41, 5.74) is 3.01. The van der Waals surface area contributed by atoms with Gasteiger partial charge in [-0.2, -0.15) is 0 Å². The van der Waals surface area contributed by atoms with Gasteiger partial charge in [0, 0.05) is 17.8 Å². The van der Waals surface area contributed by atoms with E-state index in [0.29, 0.717) is 6.04 Å². The predicted molar refractivity (Wildman–Crippen MR) is 90.3 cm³/mol. The molecule has 3 atom stereocenters. The highest BCUT2D eigenvalue weighted by molar-refractivity contribution is 5.96. The molecule has 3 N–H and O–H groups in total. The number of nitrogens with one attached hydrogen (secondary N) is 3. The number of amides is 2. The molecule has 2 aliphatic rings. The highest BCUT2D eigenvalue weighted by atomic mass is 16.2. The lowest BCUT2D eigenvalue weighted by molar-refractivity contribution is -0.129. The smallest absolute Gasteiger partial charge is 0.237 e. The van der Waals surface area contributed by atoms with E-state index in [1.807, 2.05) is 32.0 Å². The Labute approximate surface area is 137 Å². The fourth-order valence-electron chi connectivity index (χ4n) is 3.61. The van der Waals surface area contributed by atoms with E-state index in [-0.39, 0.29) is 24.3 Å². The molecule has 3 rings (SSSR count). The number of fused-ring (bicyclic) bond motifs is 1. The van der Waals surface area contributed by atoms with Crippen molar-refractivity contribution in [3.05, 3.63) is 29.3 Å². The molecule has 0 aromatic heterocycles. The zero-order valence-corrected chi connectivity index (χ0v) is 13.8. The number of rotatable bonds is 3. The van der Waals surface area contributed by atoms with Gasteiger partial charge in [0.05, 0.1) is 12.5 Å². The number of aryl methyl sites for hydroxylation is 2. The van der Waals surface area contributed by atoms with E-state index >= 15 is 0 Å². The van der Waals surface area contributed by atoms with Crippen LogP contribution in [0, 0.1) is 13.8 Å². The van der Waals surface area contributed by atoms with E-state index in [2.05, 4.69) is 16.0 Å². The standard InChI is InChI=1S/C18H25N3O2/c1-11-7-8-13(12(2)9-11)20-17(22)10-16-18(23)21-15-6-4-3-5-14(15)19-16/h7-9,14-16,19H,3-6,10H2,1-2H3,(H,20,22)(H,21,23)/t14-,15-,16-/m0/s1. The molecule has 1 heterocycles. The topological polar surface area (TPSA) is 70.2 Å². The number of carbonyl (C=O) groups is 2. The van der Waals surface area contributed by atoms with Crippen molar-refractivity contribution in [3.8, 4) is 0 Å². The van der Waals surface area contributed by atoms with Crippen LogP contribution in [0.1, 0.15) is 43.2 Å². The van der Waals surface area contributed by atoms with Crippen LogP contribution < -0.4 is 16.0 Å². The normalized spacial score (nSPS) is 27.0. The molecule has 0 radical (unpaired) electrons. The maximum Gasteiger partial charge on any atom is 0.237 e. The molecule has 5 heteroatoms. The van der Waals surface area contributed by atoms with Crippen molar-refractivity contribution in [1.29, 1.82) is 0 Å². The van der Waals surface area contributed by atoms with Crippen LogP contribution in [-0.2, 0) is 9.59 Å². The summed E-state index contributed by atoms with van der Waals surface area (Å²) in [7, 11) is 0. The second kappa shape index (κ2) is 6.71. The number of hydrogen-bond donors (Lipinski definition) is 3. The quantitative estimate of drug-likeness (QED) is 0.799. The summed E-state index contributed by atoms with van der Waals surface area (Å²) < 4.78 is 0. The largest absolute Gasteiger partial charge is 0.350 e. The van der Waals surface area contributed by atoms with Gasteiger partial charge < -0.3 is 16.0 Å². The van der Waals surface area contributed by atoms with Crippen LogP contribution in [0.2, 0.25) is 0 Å². The summed E-state index contributed by atoms with van der Waals surface area (Å²) in [4.78, 5) is 24.5. The van der Waals surface area contributed by atoms with Gasteiger partial charge in [-0.3, -0.25) is 9.59 Å². The van der Waals surface area contributed by atoms with Gasteiger partial charge >= 0.3 is 0 Å². The second-order valence-corrected chi connectivity index (χ2v) is 6.80. The summed E-state index contributed by atoms with van der Waals surface area (Å²) >= 11 is 0. The molecule has 0 unspecified atom stereocenters. The lowest BCUT2D eigenvalue weighted by Gasteiger charge is -2.40. The molecule has 23 heavy (non-hydrogen) atoms. The molecule has 2 amide bonds. The third-order valence-electron chi connectivity index (χ3n) is 4.87. The van der Waals surface area contributed by atoms with Crippen molar-refractivity contribution in [3.63, 3.8) is 0 Å². The van der Waals surface area contributed by atoms with Gasteiger partial charge in [-0.15, -0.1) is 0 Å². The minimum atomic E-state index is -0.430. The Kier molecular flexibility index (Phi) is 4.66. The maximum absolute atomic E-state index is 12.3. The van der Waals surface area contributed by atoms with Crippen molar-refractivity contribution >= 4 is 17.5 Å². The third kappa shape index (κ3) is 3.72. The fourth-order valence-corrected chi connectivity index (χ4v) is 3.61. The lowest BCUT2D eigenvalue weighted by Crippen LogP contribution is -2.65. The minimum Gasteiger partial charge on any atom is -0.350 e. The average Bonchev–Trinajstić information content (AvgIpc) is 2.51. The first kappa shape index (κ1) is 16.0. The molecule has 0 spiro atoms. The second-order valence-electron chi connectivity index (χ2n) is 6.80. The monoisotopic (exact) mass is 315 g/mol. The Bertz CT molecular complexity index is 614. The Morgan fingerprint density at radius 1 is 1.22 bits per heavy atom. The number of benzene rings is 1.